The van der Waals surface area contributed by atoms with Crippen LogP contribution in [-0.2, 0) is 0 Å². The van der Waals surface area contributed by atoms with Crippen molar-refractivity contribution in [3.63, 3.8) is 0 Å². The van der Waals surface area contributed by atoms with Crippen molar-refractivity contribution >= 4 is 16.6 Å². The molecule has 0 saturated heterocycles. The number of anilines is 1. The van der Waals surface area contributed by atoms with E-state index >= 15 is 0 Å². The number of hydrogen-bond acceptors (Lipinski definition) is 2. The molecule has 0 amide bonds. The molecule has 1 N–H and O–H groups in total. The van der Waals surface area contributed by atoms with Gasteiger partial charge in [0, 0.05) is 18.1 Å². The first kappa shape index (κ1) is 10.9. The quantitative estimate of drug-likeness (QED) is 0.844. The third kappa shape index (κ3) is 2.32. The molecule has 84 valence electrons. The highest BCUT2D eigenvalue weighted by atomic mass is 14.9. The van der Waals surface area contributed by atoms with E-state index in [0.717, 1.165) is 17.7 Å². The van der Waals surface area contributed by atoms with Crippen molar-refractivity contribution in [3.05, 3.63) is 36.0 Å². The molecule has 0 bridgehead atoms. The summed E-state index contributed by atoms with van der Waals surface area (Å²) in [6.07, 6.45) is 1.85. The highest BCUT2D eigenvalue weighted by Crippen LogP contribution is 2.23. The maximum Gasteiger partial charge on any atom is 0.0933 e. The minimum Gasteiger partial charge on any atom is -0.383 e. The van der Waals surface area contributed by atoms with Crippen LogP contribution in [0.1, 0.15) is 19.4 Å². The second-order valence-electron chi connectivity index (χ2n) is 4.66. The molecule has 16 heavy (non-hydrogen) atoms. The number of aryl methyl sites for hydroxylation is 1. The lowest BCUT2D eigenvalue weighted by Crippen LogP contribution is -2.08. The van der Waals surface area contributed by atoms with Crippen LogP contribution < -0.4 is 5.32 Å². The SMILES string of the molecule is Cc1cc(NCC(C)C)c2ncccc2c1. The van der Waals surface area contributed by atoms with E-state index in [1.807, 2.05) is 12.3 Å². The predicted octanol–water partition coefficient (Wildman–Crippen LogP) is 3.61. The normalized spacial score (nSPS) is 11.0. The van der Waals surface area contributed by atoms with E-state index in [1.165, 1.54) is 10.9 Å². The molecule has 2 rings (SSSR count). The number of rotatable bonds is 3. The topological polar surface area (TPSA) is 24.9 Å². The lowest BCUT2D eigenvalue weighted by atomic mass is 10.1. The molecule has 2 nitrogen and oxygen atoms in total. The molecule has 0 aliphatic carbocycles. The summed E-state index contributed by atoms with van der Waals surface area (Å²) in [5.41, 5.74) is 3.48. The van der Waals surface area contributed by atoms with Crippen LogP contribution >= 0.6 is 0 Å². The first-order valence-corrected chi connectivity index (χ1v) is 5.76. The van der Waals surface area contributed by atoms with E-state index < -0.39 is 0 Å². The maximum atomic E-state index is 4.44. The molecule has 0 atom stereocenters. The van der Waals surface area contributed by atoms with Gasteiger partial charge >= 0.3 is 0 Å². The van der Waals surface area contributed by atoms with Gasteiger partial charge < -0.3 is 5.32 Å². The first-order valence-electron chi connectivity index (χ1n) is 5.76. The van der Waals surface area contributed by atoms with Gasteiger partial charge in [-0.1, -0.05) is 19.9 Å². The van der Waals surface area contributed by atoms with Crippen molar-refractivity contribution in [3.8, 4) is 0 Å². The number of pyridine rings is 1. The fourth-order valence-corrected chi connectivity index (χ4v) is 1.79. The second-order valence-corrected chi connectivity index (χ2v) is 4.66. The Bertz CT molecular complexity index is 489. The van der Waals surface area contributed by atoms with Gasteiger partial charge in [-0.25, -0.2) is 0 Å². The van der Waals surface area contributed by atoms with Crippen molar-refractivity contribution in [1.82, 2.24) is 4.98 Å². The summed E-state index contributed by atoms with van der Waals surface area (Å²) < 4.78 is 0. The highest BCUT2D eigenvalue weighted by molar-refractivity contribution is 5.90. The number of nitrogens with zero attached hydrogens (tertiary/aromatic N) is 1. The van der Waals surface area contributed by atoms with E-state index in [1.54, 1.807) is 0 Å². The van der Waals surface area contributed by atoms with Crippen molar-refractivity contribution < 1.29 is 0 Å². The Labute approximate surface area is 96.7 Å². The standard InChI is InChI=1S/C14H18N2/c1-10(2)9-16-13-8-11(3)7-12-5-4-6-15-14(12)13/h4-8,10,16H,9H2,1-3H3. The zero-order valence-corrected chi connectivity index (χ0v) is 10.1. The summed E-state index contributed by atoms with van der Waals surface area (Å²) in [5, 5.41) is 4.67. The van der Waals surface area contributed by atoms with Gasteiger partial charge in [0.25, 0.3) is 0 Å². The van der Waals surface area contributed by atoms with Crippen molar-refractivity contribution in [1.29, 1.82) is 0 Å². The number of hydrogen-bond donors (Lipinski definition) is 1. The molecule has 2 heteroatoms. The summed E-state index contributed by atoms with van der Waals surface area (Å²) in [7, 11) is 0. The molecule has 1 aromatic heterocycles. The lowest BCUT2D eigenvalue weighted by molar-refractivity contribution is 0.689. The molecule has 0 radical (unpaired) electrons. The zero-order chi connectivity index (χ0) is 11.5. The van der Waals surface area contributed by atoms with Gasteiger partial charge in [-0.3, -0.25) is 4.98 Å². The van der Waals surface area contributed by atoms with Crippen molar-refractivity contribution in [2.75, 3.05) is 11.9 Å². The molecule has 1 heterocycles. The van der Waals surface area contributed by atoms with Crippen LogP contribution in [0.2, 0.25) is 0 Å². The van der Waals surface area contributed by atoms with Crippen LogP contribution in [0.25, 0.3) is 10.9 Å². The fourth-order valence-electron chi connectivity index (χ4n) is 1.79. The number of fused-ring (bicyclic) bond motifs is 1. The van der Waals surface area contributed by atoms with Crippen LogP contribution in [0.3, 0.4) is 0 Å². The largest absolute Gasteiger partial charge is 0.383 e. The third-order valence-electron chi connectivity index (χ3n) is 2.55. The highest BCUT2D eigenvalue weighted by Gasteiger charge is 2.03. The van der Waals surface area contributed by atoms with Gasteiger partial charge in [0.15, 0.2) is 0 Å². The number of benzene rings is 1. The molecule has 1 aromatic carbocycles. The van der Waals surface area contributed by atoms with Crippen LogP contribution in [0.4, 0.5) is 5.69 Å². The van der Waals surface area contributed by atoms with Crippen LogP contribution in [0.5, 0.6) is 0 Å². The van der Waals surface area contributed by atoms with E-state index in [-0.39, 0.29) is 0 Å². The summed E-state index contributed by atoms with van der Waals surface area (Å²) in [6, 6.07) is 8.42. The van der Waals surface area contributed by atoms with E-state index in [0.29, 0.717) is 5.92 Å². The maximum absolute atomic E-state index is 4.44. The van der Waals surface area contributed by atoms with Gasteiger partial charge in [-0.15, -0.1) is 0 Å². The van der Waals surface area contributed by atoms with Crippen molar-refractivity contribution in [2.24, 2.45) is 5.92 Å². The van der Waals surface area contributed by atoms with E-state index in [4.69, 9.17) is 0 Å². The van der Waals surface area contributed by atoms with Crippen LogP contribution in [0.15, 0.2) is 30.5 Å². The Morgan fingerprint density at radius 1 is 1.31 bits per heavy atom. The second kappa shape index (κ2) is 4.52. The van der Waals surface area contributed by atoms with Crippen LogP contribution in [-0.4, -0.2) is 11.5 Å². The van der Waals surface area contributed by atoms with Crippen LogP contribution in [0, 0.1) is 12.8 Å². The average molecular weight is 214 g/mol. The van der Waals surface area contributed by atoms with Gasteiger partial charge in [0.05, 0.1) is 11.2 Å². The summed E-state index contributed by atoms with van der Waals surface area (Å²) in [5.74, 6) is 0.638. The summed E-state index contributed by atoms with van der Waals surface area (Å²) in [4.78, 5) is 4.44. The number of aromatic nitrogens is 1. The van der Waals surface area contributed by atoms with Gasteiger partial charge in [-0.05, 0) is 36.6 Å². The fraction of sp³-hybridized carbons (Fsp3) is 0.357. The third-order valence-corrected chi connectivity index (χ3v) is 2.55. The smallest absolute Gasteiger partial charge is 0.0933 e. The molecule has 0 fully saturated rings. The Morgan fingerprint density at radius 2 is 2.12 bits per heavy atom. The minimum atomic E-state index is 0.638. The Kier molecular flexibility index (Phi) is 3.09. The zero-order valence-electron chi connectivity index (χ0n) is 10.1. The molecule has 2 aromatic rings. The first-order chi connectivity index (χ1) is 7.66. The van der Waals surface area contributed by atoms with Gasteiger partial charge in [-0.2, -0.15) is 0 Å². The minimum absolute atomic E-state index is 0.638. The molecular formula is C14H18N2. The average Bonchev–Trinajstić information content (AvgIpc) is 2.25. The van der Waals surface area contributed by atoms with E-state index in [2.05, 4.69) is 49.3 Å². The van der Waals surface area contributed by atoms with E-state index in [9.17, 15) is 0 Å². The number of nitrogens with one attached hydrogen (secondary N) is 1. The Balaban J connectivity index is 2.42. The Morgan fingerprint density at radius 3 is 2.88 bits per heavy atom. The molecule has 0 saturated carbocycles. The Hall–Kier alpha value is -1.57. The molecular weight excluding hydrogens is 196 g/mol. The molecule has 0 aliphatic rings. The van der Waals surface area contributed by atoms with Gasteiger partial charge in [0.1, 0.15) is 0 Å². The lowest BCUT2D eigenvalue weighted by Gasteiger charge is -2.12. The molecule has 0 spiro atoms. The monoisotopic (exact) mass is 214 g/mol. The van der Waals surface area contributed by atoms with Crippen molar-refractivity contribution in [2.45, 2.75) is 20.8 Å². The molecule has 0 aliphatic heterocycles. The summed E-state index contributed by atoms with van der Waals surface area (Å²) in [6.45, 7) is 7.51. The molecule has 0 unspecified atom stereocenters. The van der Waals surface area contributed by atoms with Gasteiger partial charge in [0.2, 0.25) is 0 Å². The summed E-state index contributed by atoms with van der Waals surface area (Å²) >= 11 is 0. The predicted molar refractivity (Wildman–Crippen MR) is 69.8 cm³/mol.